The summed E-state index contributed by atoms with van der Waals surface area (Å²) in [5, 5.41) is 16.6. The largest absolute Gasteiger partial charge is 0.497 e. The van der Waals surface area contributed by atoms with Gasteiger partial charge in [-0.3, -0.25) is 19.1 Å². The fraction of sp³-hybridized carbons (Fsp3) is 0.512. The summed E-state index contributed by atoms with van der Waals surface area (Å²) in [6, 6.07) is 10.4. The zero-order valence-corrected chi connectivity index (χ0v) is 34.9. The molecule has 1 saturated heterocycles. The van der Waals surface area contributed by atoms with Crippen LogP contribution in [0.5, 0.6) is 23.1 Å². The van der Waals surface area contributed by atoms with Gasteiger partial charge in [0.1, 0.15) is 42.7 Å². The molecule has 60 heavy (non-hydrogen) atoms. The van der Waals surface area contributed by atoms with Crippen LogP contribution >= 0.6 is 0 Å². The van der Waals surface area contributed by atoms with Gasteiger partial charge >= 0.3 is 6.09 Å². The Labute approximate surface area is 348 Å². The molecule has 4 N–H and O–H groups in total. The number of rotatable bonds is 8. The van der Waals surface area contributed by atoms with Crippen molar-refractivity contribution in [2.45, 2.75) is 94.2 Å². The minimum atomic E-state index is -4.03. The van der Waals surface area contributed by atoms with Crippen molar-refractivity contribution in [3.05, 3.63) is 54.6 Å². The van der Waals surface area contributed by atoms with Crippen molar-refractivity contribution in [1.82, 2.24) is 25.2 Å². The quantitative estimate of drug-likeness (QED) is 0.230. The van der Waals surface area contributed by atoms with Crippen LogP contribution in [0.1, 0.15) is 65.7 Å². The molecule has 4 amide bonds. The molecule has 3 aromatic rings. The SMILES string of the molecule is COc1ccc2c(O[C@@H]3C[C@H]4C(=O)NC5(C(=O)NS(=O)(=O)C6(C)CC6)CC5/C=C\CC[C@@H](C)C[C@@H](C)[C@H](NC(=O)O)C(=O)N4C3)nc(-c3ccc4c(c3)OCCO4)cc2c1. The summed E-state index contributed by atoms with van der Waals surface area (Å²) >= 11 is 0. The fourth-order valence-electron chi connectivity index (χ4n) is 8.66. The molecule has 3 fully saturated rings. The van der Waals surface area contributed by atoms with Crippen LogP contribution in [0, 0.1) is 17.8 Å². The molecule has 5 aliphatic rings. The van der Waals surface area contributed by atoms with Gasteiger partial charge in [-0.25, -0.2) is 18.2 Å². The summed E-state index contributed by atoms with van der Waals surface area (Å²) in [4.78, 5) is 61.6. The number of nitrogens with one attached hydrogen (secondary N) is 3. The van der Waals surface area contributed by atoms with E-state index in [0.717, 1.165) is 17.4 Å². The Morgan fingerprint density at radius 1 is 1.03 bits per heavy atom. The van der Waals surface area contributed by atoms with Gasteiger partial charge in [-0.2, -0.15) is 0 Å². The van der Waals surface area contributed by atoms with Crippen LogP contribution in [0.4, 0.5) is 4.79 Å². The Morgan fingerprint density at radius 2 is 1.80 bits per heavy atom. The van der Waals surface area contributed by atoms with E-state index >= 15 is 0 Å². The van der Waals surface area contributed by atoms with Gasteiger partial charge in [0.2, 0.25) is 27.7 Å². The highest BCUT2D eigenvalue weighted by molar-refractivity contribution is 7.91. The molecule has 1 aromatic heterocycles. The smallest absolute Gasteiger partial charge is 0.405 e. The van der Waals surface area contributed by atoms with Gasteiger partial charge in [0, 0.05) is 23.3 Å². The molecule has 17 heteroatoms. The highest BCUT2D eigenvalue weighted by Gasteiger charge is 2.63. The zero-order valence-electron chi connectivity index (χ0n) is 34.1. The molecule has 0 bridgehead atoms. The number of carboxylic acid groups (broad SMARTS) is 1. The first-order chi connectivity index (χ1) is 28.6. The third-order valence-corrected chi connectivity index (χ3v) is 14.8. The van der Waals surface area contributed by atoms with Crippen molar-refractivity contribution in [3.8, 4) is 34.4 Å². The Morgan fingerprint density at radius 3 is 2.53 bits per heavy atom. The van der Waals surface area contributed by atoms with Gasteiger partial charge in [0.25, 0.3) is 5.91 Å². The van der Waals surface area contributed by atoms with Crippen LogP contribution in [0.15, 0.2) is 54.6 Å². The van der Waals surface area contributed by atoms with E-state index in [1.54, 1.807) is 20.1 Å². The maximum atomic E-state index is 14.7. The number of methoxy groups -OCH3 is 1. The molecular formula is C43H51N5O11S. The number of aromatic nitrogens is 1. The molecule has 7 atom stereocenters. The number of benzene rings is 2. The molecule has 2 saturated carbocycles. The molecule has 16 nitrogen and oxygen atoms in total. The van der Waals surface area contributed by atoms with Crippen molar-refractivity contribution >= 4 is 44.6 Å². The normalized spacial score (nSPS) is 29.1. The lowest BCUT2D eigenvalue weighted by Gasteiger charge is -2.32. The van der Waals surface area contributed by atoms with E-state index in [-0.39, 0.29) is 31.2 Å². The lowest BCUT2D eigenvalue weighted by molar-refractivity contribution is -0.142. The topological polar surface area (TPSA) is 212 Å². The van der Waals surface area contributed by atoms with Gasteiger partial charge in [-0.1, -0.05) is 26.0 Å². The summed E-state index contributed by atoms with van der Waals surface area (Å²) in [7, 11) is -2.47. The monoisotopic (exact) mass is 845 g/mol. The van der Waals surface area contributed by atoms with E-state index in [9.17, 15) is 32.7 Å². The number of fused-ring (bicyclic) bond motifs is 4. The highest BCUT2D eigenvalue weighted by Crippen LogP contribution is 2.48. The minimum Gasteiger partial charge on any atom is -0.497 e. The number of carbonyl (C=O) groups is 4. The number of nitrogens with zero attached hydrogens (tertiary/aromatic N) is 2. The molecule has 2 aromatic carbocycles. The average Bonchev–Trinajstić information content (AvgIpc) is 4.10. The van der Waals surface area contributed by atoms with Gasteiger partial charge < -0.3 is 39.6 Å². The van der Waals surface area contributed by atoms with E-state index in [4.69, 9.17) is 23.9 Å². The van der Waals surface area contributed by atoms with E-state index < -0.39 is 74.1 Å². The molecule has 2 unspecified atom stereocenters. The lowest BCUT2D eigenvalue weighted by Crippen LogP contribution is -2.59. The predicted octanol–water partition coefficient (Wildman–Crippen LogP) is 4.55. The summed E-state index contributed by atoms with van der Waals surface area (Å²) < 4.78 is 51.4. The van der Waals surface area contributed by atoms with Crippen LogP contribution in [0.25, 0.3) is 22.0 Å². The molecule has 4 heterocycles. The third kappa shape index (κ3) is 8.02. The van der Waals surface area contributed by atoms with Crippen molar-refractivity contribution < 1.29 is 51.6 Å². The summed E-state index contributed by atoms with van der Waals surface area (Å²) in [5.41, 5.74) is -0.303. The van der Waals surface area contributed by atoms with E-state index in [1.165, 1.54) is 4.90 Å². The third-order valence-electron chi connectivity index (χ3n) is 12.6. The Bertz CT molecular complexity index is 2370. The summed E-state index contributed by atoms with van der Waals surface area (Å²) in [5.74, 6) is -0.937. The number of carbonyl (C=O) groups excluding carboxylic acids is 3. The van der Waals surface area contributed by atoms with Crippen LogP contribution < -0.4 is 34.3 Å². The number of amides is 4. The predicted molar refractivity (Wildman–Crippen MR) is 219 cm³/mol. The number of allylic oxidation sites excluding steroid dienone is 1. The number of ether oxygens (including phenoxy) is 4. The molecule has 2 aliphatic carbocycles. The molecule has 0 spiro atoms. The maximum absolute atomic E-state index is 14.7. The van der Waals surface area contributed by atoms with Crippen molar-refractivity contribution in [1.29, 1.82) is 0 Å². The first-order valence-corrected chi connectivity index (χ1v) is 22.0. The van der Waals surface area contributed by atoms with Crippen molar-refractivity contribution in [2.75, 3.05) is 26.9 Å². The van der Waals surface area contributed by atoms with Crippen LogP contribution in [-0.4, -0.2) is 103 Å². The minimum absolute atomic E-state index is 0.0374. The van der Waals surface area contributed by atoms with Crippen molar-refractivity contribution in [3.63, 3.8) is 0 Å². The summed E-state index contributed by atoms with van der Waals surface area (Å²) in [6.07, 6.45) is 4.41. The fourth-order valence-corrected chi connectivity index (χ4v) is 9.97. The van der Waals surface area contributed by atoms with E-state index in [2.05, 4.69) is 15.4 Å². The highest BCUT2D eigenvalue weighted by atomic mass is 32.2. The first-order valence-electron chi connectivity index (χ1n) is 20.5. The molecular weight excluding hydrogens is 795 g/mol. The number of pyridine rings is 1. The number of sulfonamides is 1. The van der Waals surface area contributed by atoms with Gasteiger partial charge in [-0.15, -0.1) is 0 Å². The second kappa shape index (κ2) is 15.8. The van der Waals surface area contributed by atoms with Crippen LogP contribution in [0.3, 0.4) is 0 Å². The Hall–Kier alpha value is -5.58. The van der Waals surface area contributed by atoms with E-state index in [1.807, 2.05) is 62.4 Å². The maximum Gasteiger partial charge on any atom is 0.405 e. The van der Waals surface area contributed by atoms with Gasteiger partial charge in [-0.05, 0) is 105 Å². The van der Waals surface area contributed by atoms with Gasteiger partial charge in [0.15, 0.2) is 11.5 Å². The second-order valence-corrected chi connectivity index (χ2v) is 19.3. The second-order valence-electron chi connectivity index (χ2n) is 17.1. The van der Waals surface area contributed by atoms with Crippen molar-refractivity contribution in [2.24, 2.45) is 17.8 Å². The number of hydrogen-bond donors (Lipinski definition) is 4. The molecule has 0 radical (unpaired) electrons. The summed E-state index contributed by atoms with van der Waals surface area (Å²) in [6.45, 7) is 6.15. The van der Waals surface area contributed by atoms with E-state index in [0.29, 0.717) is 67.2 Å². The van der Waals surface area contributed by atoms with Crippen LogP contribution in [0.2, 0.25) is 0 Å². The van der Waals surface area contributed by atoms with Gasteiger partial charge in [0.05, 0.1) is 24.1 Å². The first kappa shape index (κ1) is 41.2. The zero-order chi connectivity index (χ0) is 42.6. The average molecular weight is 846 g/mol. The Kier molecular flexibility index (Phi) is 10.8. The molecule has 320 valence electrons. The Balaban J connectivity index is 1.15. The molecule has 3 aliphatic heterocycles. The molecule has 8 rings (SSSR count). The lowest BCUT2D eigenvalue weighted by atomic mass is 9.88. The standard InChI is InChI=1S/C43H51N5O11S/c1-24-7-5-6-8-28-22-43(28,40(51)47-60(54,55)42(3)13-14-42)46-37(49)33-21-30(23-48(33)39(50)36(25(2)17-24)45-41(52)53)59-38-31-11-10-29(56-4)18-27(31)19-32(44-38)26-9-12-34-35(20-26)58-16-15-57-34/h6,8-12,18-20,24-25,28,30,33,36,45H,5,7,13-17,21-23H2,1-4H3,(H,46,49)(H,47,51)(H,52,53)/b8-6-/t24-,25-,28?,30-,33+,36+,43?/m1/s1. The van der Waals surface area contributed by atoms with Crippen LogP contribution in [-0.2, 0) is 24.4 Å². The number of hydrogen-bond acceptors (Lipinski definition) is 11.